The maximum absolute atomic E-state index is 12.8. The molecule has 1 N–H and O–H groups in total. The van der Waals surface area contributed by atoms with E-state index in [0.717, 1.165) is 17.7 Å². The topological polar surface area (TPSA) is 77.9 Å². The molecule has 0 radical (unpaired) electrons. The summed E-state index contributed by atoms with van der Waals surface area (Å²) in [5, 5.41) is 8.44. The van der Waals surface area contributed by atoms with Crippen molar-refractivity contribution in [1.29, 1.82) is 0 Å². The molecule has 5 aromatic rings. The Balaban J connectivity index is 1.27. The van der Waals surface area contributed by atoms with Crippen LogP contribution in [0.5, 0.6) is 0 Å². The first kappa shape index (κ1) is 18.9. The molecule has 0 fully saturated rings. The number of hydrogen-bond donors (Lipinski definition) is 1. The van der Waals surface area contributed by atoms with Crippen LogP contribution in [0.15, 0.2) is 84.0 Å². The van der Waals surface area contributed by atoms with Crippen molar-refractivity contribution in [3.8, 4) is 11.3 Å². The summed E-state index contributed by atoms with van der Waals surface area (Å²) in [5.41, 5.74) is 3.95. The van der Waals surface area contributed by atoms with Gasteiger partial charge in [0.25, 0.3) is 5.91 Å². The number of para-hydroxylation sites is 1. The molecule has 7 heteroatoms. The molecule has 0 aliphatic heterocycles. The number of amides is 1. The Morgan fingerprint density at radius 3 is 2.90 bits per heavy atom. The number of nitrogens with one attached hydrogen (secondary N) is 1. The number of hydrogen-bond acceptors (Lipinski definition) is 4. The summed E-state index contributed by atoms with van der Waals surface area (Å²) < 4.78 is 9.50. The quantitative estimate of drug-likeness (QED) is 0.437. The second-order valence-corrected chi connectivity index (χ2v) is 7.41. The first-order valence-corrected chi connectivity index (χ1v) is 10.1. The number of fused-ring (bicyclic) bond motifs is 1. The second kappa shape index (κ2) is 7.95. The maximum Gasteiger partial charge on any atom is 0.278 e. The SMILES string of the molecule is Cc1cccc(-c2ocnc2C(=O)Nc2cnn(CCn3ccc4ccccc43)c2)c1. The second-order valence-electron chi connectivity index (χ2n) is 7.41. The molecule has 0 spiro atoms. The zero-order chi connectivity index (χ0) is 21.2. The fraction of sp³-hybridized carbons (Fsp3) is 0.125. The van der Waals surface area contributed by atoms with Crippen LogP contribution in [-0.4, -0.2) is 25.2 Å². The lowest BCUT2D eigenvalue weighted by Crippen LogP contribution is -2.13. The van der Waals surface area contributed by atoms with E-state index in [9.17, 15) is 4.79 Å². The number of aromatic nitrogens is 4. The number of carbonyl (C=O) groups is 1. The summed E-state index contributed by atoms with van der Waals surface area (Å²) in [5.74, 6) is 0.120. The average molecular weight is 411 g/mol. The van der Waals surface area contributed by atoms with Crippen LogP contribution >= 0.6 is 0 Å². The standard InChI is InChI=1S/C24H21N5O2/c1-17-5-4-7-19(13-17)23-22(25-16-31-23)24(30)27-20-14-26-29(15-20)12-11-28-10-9-18-6-2-3-8-21(18)28/h2-10,13-16H,11-12H2,1H3,(H,27,30). The highest BCUT2D eigenvalue weighted by molar-refractivity contribution is 6.06. The van der Waals surface area contributed by atoms with Crippen LogP contribution in [0.25, 0.3) is 22.2 Å². The molecule has 0 unspecified atom stereocenters. The molecule has 0 saturated carbocycles. The lowest BCUT2D eigenvalue weighted by molar-refractivity contribution is 0.102. The molecule has 0 saturated heterocycles. The smallest absolute Gasteiger partial charge is 0.278 e. The number of benzene rings is 2. The van der Waals surface area contributed by atoms with Crippen LogP contribution in [0, 0.1) is 6.92 Å². The van der Waals surface area contributed by atoms with E-state index in [0.29, 0.717) is 18.0 Å². The first-order valence-electron chi connectivity index (χ1n) is 10.1. The zero-order valence-corrected chi connectivity index (χ0v) is 17.0. The van der Waals surface area contributed by atoms with E-state index in [2.05, 4.69) is 44.4 Å². The molecule has 7 nitrogen and oxygen atoms in total. The molecular formula is C24H21N5O2. The maximum atomic E-state index is 12.8. The predicted molar refractivity (Wildman–Crippen MR) is 119 cm³/mol. The van der Waals surface area contributed by atoms with Crippen LogP contribution in [-0.2, 0) is 13.1 Å². The van der Waals surface area contributed by atoms with Crippen molar-refractivity contribution < 1.29 is 9.21 Å². The molecule has 0 aliphatic rings. The molecule has 0 atom stereocenters. The minimum absolute atomic E-state index is 0.247. The zero-order valence-electron chi connectivity index (χ0n) is 17.0. The molecule has 3 aromatic heterocycles. The lowest BCUT2D eigenvalue weighted by atomic mass is 10.1. The van der Waals surface area contributed by atoms with Gasteiger partial charge in [-0.05, 0) is 30.5 Å². The average Bonchev–Trinajstić information content (AvgIpc) is 3.52. The lowest BCUT2D eigenvalue weighted by Gasteiger charge is -2.06. The van der Waals surface area contributed by atoms with Crippen molar-refractivity contribution >= 4 is 22.5 Å². The Morgan fingerprint density at radius 1 is 1.10 bits per heavy atom. The van der Waals surface area contributed by atoms with Crippen LogP contribution < -0.4 is 5.32 Å². The van der Waals surface area contributed by atoms with Crippen molar-refractivity contribution in [3.05, 3.63) is 90.8 Å². The fourth-order valence-electron chi connectivity index (χ4n) is 3.69. The van der Waals surface area contributed by atoms with Crippen LogP contribution in [0.2, 0.25) is 0 Å². The number of anilines is 1. The highest BCUT2D eigenvalue weighted by Crippen LogP contribution is 2.24. The van der Waals surface area contributed by atoms with Crippen LogP contribution in [0.1, 0.15) is 16.1 Å². The minimum Gasteiger partial charge on any atom is -0.443 e. The van der Waals surface area contributed by atoms with Crippen LogP contribution in [0.4, 0.5) is 5.69 Å². The fourth-order valence-corrected chi connectivity index (χ4v) is 3.69. The van der Waals surface area contributed by atoms with Gasteiger partial charge in [0, 0.05) is 30.0 Å². The summed E-state index contributed by atoms with van der Waals surface area (Å²) in [6.07, 6.45) is 6.82. The largest absolute Gasteiger partial charge is 0.443 e. The highest BCUT2D eigenvalue weighted by Gasteiger charge is 2.19. The number of oxazole rings is 1. The van der Waals surface area contributed by atoms with E-state index in [-0.39, 0.29) is 11.6 Å². The molecular weight excluding hydrogens is 390 g/mol. The first-order chi connectivity index (χ1) is 15.2. The molecule has 2 aromatic carbocycles. The van der Waals surface area contributed by atoms with Gasteiger partial charge in [0.1, 0.15) is 0 Å². The summed E-state index contributed by atoms with van der Waals surface area (Å²) in [6, 6.07) is 18.2. The molecule has 5 rings (SSSR count). The normalized spacial score (nSPS) is 11.1. The number of rotatable bonds is 6. The molecule has 0 bridgehead atoms. The summed E-state index contributed by atoms with van der Waals surface area (Å²) in [4.78, 5) is 16.9. The Morgan fingerprint density at radius 2 is 2.00 bits per heavy atom. The molecule has 154 valence electrons. The van der Waals surface area contributed by atoms with Gasteiger partial charge in [0.2, 0.25) is 0 Å². The van der Waals surface area contributed by atoms with Crippen molar-refractivity contribution in [1.82, 2.24) is 19.3 Å². The van der Waals surface area contributed by atoms with Gasteiger partial charge in [-0.1, -0.05) is 42.0 Å². The van der Waals surface area contributed by atoms with Gasteiger partial charge in [0.15, 0.2) is 17.8 Å². The third kappa shape index (κ3) is 3.85. The van der Waals surface area contributed by atoms with Gasteiger partial charge < -0.3 is 14.3 Å². The van der Waals surface area contributed by atoms with Crippen molar-refractivity contribution in [2.45, 2.75) is 20.0 Å². The third-order valence-corrected chi connectivity index (χ3v) is 5.20. The van der Waals surface area contributed by atoms with Crippen LogP contribution in [0.3, 0.4) is 0 Å². The van der Waals surface area contributed by atoms with Gasteiger partial charge in [0.05, 0.1) is 18.4 Å². The number of aryl methyl sites for hydroxylation is 3. The van der Waals surface area contributed by atoms with E-state index in [1.807, 2.05) is 54.2 Å². The monoisotopic (exact) mass is 411 g/mol. The van der Waals surface area contributed by atoms with Gasteiger partial charge >= 0.3 is 0 Å². The van der Waals surface area contributed by atoms with Gasteiger partial charge in [-0.25, -0.2) is 4.98 Å². The summed E-state index contributed by atoms with van der Waals surface area (Å²) >= 11 is 0. The molecule has 1 amide bonds. The summed E-state index contributed by atoms with van der Waals surface area (Å²) in [6.45, 7) is 3.46. The van der Waals surface area contributed by atoms with Gasteiger partial charge in [-0.3, -0.25) is 9.48 Å². The van der Waals surface area contributed by atoms with E-state index in [4.69, 9.17) is 4.42 Å². The third-order valence-electron chi connectivity index (χ3n) is 5.20. The minimum atomic E-state index is -0.332. The van der Waals surface area contributed by atoms with Crippen molar-refractivity contribution in [2.75, 3.05) is 5.32 Å². The van der Waals surface area contributed by atoms with E-state index < -0.39 is 0 Å². The highest BCUT2D eigenvalue weighted by atomic mass is 16.3. The van der Waals surface area contributed by atoms with Gasteiger partial charge in [-0.15, -0.1) is 0 Å². The Kier molecular flexibility index (Phi) is 4.84. The molecule has 3 heterocycles. The van der Waals surface area contributed by atoms with Crippen molar-refractivity contribution in [3.63, 3.8) is 0 Å². The predicted octanol–water partition coefficient (Wildman–Crippen LogP) is 4.75. The number of carbonyl (C=O) groups excluding carboxylic acids is 1. The number of nitrogens with zero attached hydrogens (tertiary/aromatic N) is 4. The van der Waals surface area contributed by atoms with E-state index in [1.54, 1.807) is 6.20 Å². The Bertz CT molecular complexity index is 1360. The molecule has 0 aliphatic carbocycles. The summed E-state index contributed by atoms with van der Waals surface area (Å²) in [7, 11) is 0. The van der Waals surface area contributed by atoms with E-state index in [1.165, 1.54) is 17.3 Å². The van der Waals surface area contributed by atoms with Crippen molar-refractivity contribution in [2.24, 2.45) is 0 Å². The molecule has 31 heavy (non-hydrogen) atoms. The Labute approximate surface area is 178 Å². The Hall–Kier alpha value is -4.13. The van der Waals surface area contributed by atoms with E-state index >= 15 is 0 Å². The van der Waals surface area contributed by atoms with Gasteiger partial charge in [-0.2, -0.15) is 5.10 Å².